The molecule has 3 aromatic carbocycles. The molecule has 0 unspecified atom stereocenters. The van der Waals surface area contributed by atoms with Crippen LogP contribution in [0, 0.1) is 0 Å². The van der Waals surface area contributed by atoms with E-state index in [0.29, 0.717) is 46.0 Å². The van der Waals surface area contributed by atoms with Gasteiger partial charge in [-0.25, -0.2) is 0 Å². The first-order valence-electron chi connectivity index (χ1n) is 13.2. The van der Waals surface area contributed by atoms with Crippen LogP contribution in [0.4, 0.5) is 5.69 Å². The first-order valence-corrected chi connectivity index (χ1v) is 14.2. The van der Waals surface area contributed by atoms with Crippen molar-refractivity contribution < 1.29 is 23.8 Å². The largest absolute Gasteiger partial charge is 0.497 e. The van der Waals surface area contributed by atoms with Gasteiger partial charge in [0.05, 0.1) is 38.8 Å². The predicted octanol–water partition coefficient (Wildman–Crippen LogP) is 5.12. The molecule has 2 amide bonds. The number of benzene rings is 3. The Bertz CT molecular complexity index is 1440. The highest BCUT2D eigenvalue weighted by Crippen LogP contribution is 2.29. The molecular formula is C30H33N5O5S. The number of nitrogens with zero attached hydrogens (tertiary/aromatic N) is 3. The number of amides is 2. The van der Waals surface area contributed by atoms with E-state index in [1.807, 2.05) is 24.3 Å². The third kappa shape index (κ3) is 8.01. The van der Waals surface area contributed by atoms with Crippen molar-refractivity contribution >= 4 is 29.3 Å². The van der Waals surface area contributed by atoms with Crippen molar-refractivity contribution in [1.29, 1.82) is 0 Å². The van der Waals surface area contributed by atoms with Gasteiger partial charge in [-0.1, -0.05) is 37.2 Å². The number of carbonyl (C=O) groups excluding carboxylic acids is 2. The van der Waals surface area contributed by atoms with E-state index in [1.54, 1.807) is 67.3 Å². The van der Waals surface area contributed by atoms with Crippen LogP contribution in [-0.2, 0) is 11.3 Å². The van der Waals surface area contributed by atoms with Gasteiger partial charge in [-0.05, 0) is 67.1 Å². The highest BCUT2D eigenvalue weighted by molar-refractivity contribution is 7.99. The van der Waals surface area contributed by atoms with Gasteiger partial charge >= 0.3 is 0 Å². The molecule has 41 heavy (non-hydrogen) atoms. The van der Waals surface area contributed by atoms with Crippen LogP contribution in [0.5, 0.6) is 17.2 Å². The summed E-state index contributed by atoms with van der Waals surface area (Å²) in [6.07, 6.45) is 2.03. The minimum atomic E-state index is -0.257. The summed E-state index contributed by atoms with van der Waals surface area (Å²) in [4.78, 5) is 25.6. The Kier molecular flexibility index (Phi) is 10.6. The van der Waals surface area contributed by atoms with Crippen LogP contribution < -0.4 is 24.8 Å². The number of anilines is 1. The van der Waals surface area contributed by atoms with E-state index in [0.717, 1.165) is 18.6 Å². The number of methoxy groups -OCH3 is 2. The van der Waals surface area contributed by atoms with Gasteiger partial charge in [0, 0.05) is 11.3 Å². The molecule has 0 saturated heterocycles. The van der Waals surface area contributed by atoms with Crippen molar-refractivity contribution in [2.75, 3.05) is 31.9 Å². The Morgan fingerprint density at radius 3 is 2.34 bits per heavy atom. The van der Waals surface area contributed by atoms with E-state index in [4.69, 9.17) is 14.2 Å². The van der Waals surface area contributed by atoms with Gasteiger partial charge in [-0.2, -0.15) is 0 Å². The maximum atomic E-state index is 12.9. The number of thioether (sulfide) groups is 1. The van der Waals surface area contributed by atoms with E-state index in [2.05, 4.69) is 27.8 Å². The Labute approximate surface area is 243 Å². The van der Waals surface area contributed by atoms with Gasteiger partial charge in [0.15, 0.2) is 11.0 Å². The summed E-state index contributed by atoms with van der Waals surface area (Å²) in [6.45, 7) is 2.86. The third-order valence-corrected chi connectivity index (χ3v) is 6.95. The van der Waals surface area contributed by atoms with Gasteiger partial charge < -0.3 is 24.8 Å². The number of carbonyl (C=O) groups is 2. The van der Waals surface area contributed by atoms with E-state index < -0.39 is 0 Å². The van der Waals surface area contributed by atoms with Crippen LogP contribution in [0.15, 0.2) is 78.0 Å². The SMILES string of the molecule is CCCCOc1ccc(C(=O)NCc2nnc(SCC(=O)Nc3ccc(OC)cc3)n2-c2ccccc2OC)cc1. The van der Waals surface area contributed by atoms with Crippen molar-refractivity contribution in [3.05, 3.63) is 84.2 Å². The molecule has 0 radical (unpaired) electrons. The fourth-order valence-electron chi connectivity index (χ4n) is 3.86. The summed E-state index contributed by atoms with van der Waals surface area (Å²) in [7, 11) is 3.17. The molecule has 4 aromatic rings. The molecule has 0 fully saturated rings. The molecular weight excluding hydrogens is 542 g/mol. The number of aromatic nitrogens is 3. The third-order valence-electron chi connectivity index (χ3n) is 6.02. The molecule has 0 atom stereocenters. The number of rotatable bonds is 14. The average Bonchev–Trinajstić information content (AvgIpc) is 3.42. The fraction of sp³-hybridized carbons (Fsp3) is 0.267. The smallest absolute Gasteiger partial charge is 0.251 e. The van der Waals surface area contributed by atoms with Crippen LogP contribution >= 0.6 is 11.8 Å². The number of para-hydroxylation sites is 2. The Balaban J connectivity index is 1.46. The minimum absolute atomic E-state index is 0.0956. The predicted molar refractivity (Wildman–Crippen MR) is 158 cm³/mol. The van der Waals surface area contributed by atoms with E-state index in [1.165, 1.54) is 11.8 Å². The van der Waals surface area contributed by atoms with Crippen molar-refractivity contribution in [3.63, 3.8) is 0 Å². The second kappa shape index (κ2) is 14.8. The van der Waals surface area contributed by atoms with Crippen LogP contribution in [0.3, 0.4) is 0 Å². The van der Waals surface area contributed by atoms with Crippen LogP contribution in [0.25, 0.3) is 5.69 Å². The summed E-state index contributed by atoms with van der Waals surface area (Å²) >= 11 is 1.23. The molecule has 0 aliphatic rings. The molecule has 1 aromatic heterocycles. The van der Waals surface area contributed by atoms with Gasteiger partial charge in [0.2, 0.25) is 5.91 Å². The zero-order valence-electron chi connectivity index (χ0n) is 23.3. The molecule has 0 bridgehead atoms. The molecule has 2 N–H and O–H groups in total. The molecule has 0 aliphatic heterocycles. The highest BCUT2D eigenvalue weighted by Gasteiger charge is 2.19. The number of hydrogen-bond acceptors (Lipinski definition) is 8. The van der Waals surface area contributed by atoms with Crippen LogP contribution in [0.2, 0.25) is 0 Å². The topological polar surface area (TPSA) is 117 Å². The highest BCUT2D eigenvalue weighted by atomic mass is 32.2. The first kappa shape index (κ1) is 29.5. The number of unbranched alkanes of at least 4 members (excludes halogenated alkanes) is 1. The normalized spacial score (nSPS) is 10.6. The number of nitrogens with one attached hydrogen (secondary N) is 2. The Morgan fingerprint density at radius 1 is 0.902 bits per heavy atom. The molecule has 0 saturated carbocycles. The molecule has 0 spiro atoms. The summed E-state index contributed by atoms with van der Waals surface area (Å²) in [5.41, 5.74) is 1.85. The van der Waals surface area contributed by atoms with Gasteiger partial charge in [0.1, 0.15) is 17.2 Å². The lowest BCUT2D eigenvalue weighted by Crippen LogP contribution is -2.24. The molecule has 214 valence electrons. The monoisotopic (exact) mass is 575 g/mol. The van der Waals surface area contributed by atoms with E-state index in [-0.39, 0.29) is 24.1 Å². The van der Waals surface area contributed by atoms with Crippen molar-refractivity contribution in [2.45, 2.75) is 31.5 Å². The van der Waals surface area contributed by atoms with Gasteiger partial charge in [0.25, 0.3) is 5.91 Å². The van der Waals surface area contributed by atoms with Gasteiger partial charge in [-0.15, -0.1) is 10.2 Å². The lowest BCUT2D eigenvalue weighted by Gasteiger charge is -2.14. The second-order valence-electron chi connectivity index (χ2n) is 8.88. The maximum absolute atomic E-state index is 12.9. The van der Waals surface area contributed by atoms with Crippen LogP contribution in [-0.4, -0.2) is 53.2 Å². The van der Waals surface area contributed by atoms with Crippen molar-refractivity contribution in [3.8, 4) is 22.9 Å². The Morgan fingerprint density at radius 2 is 1.63 bits per heavy atom. The van der Waals surface area contributed by atoms with E-state index in [9.17, 15) is 9.59 Å². The summed E-state index contributed by atoms with van der Waals surface area (Å²) in [5.74, 6) is 2.15. The average molecular weight is 576 g/mol. The molecule has 0 aliphatic carbocycles. The molecule has 10 nitrogen and oxygen atoms in total. The lowest BCUT2D eigenvalue weighted by molar-refractivity contribution is -0.113. The molecule has 4 rings (SSSR count). The van der Waals surface area contributed by atoms with E-state index >= 15 is 0 Å². The Hall–Kier alpha value is -4.51. The fourth-order valence-corrected chi connectivity index (χ4v) is 4.63. The zero-order valence-corrected chi connectivity index (χ0v) is 24.1. The van der Waals surface area contributed by atoms with Crippen molar-refractivity contribution in [1.82, 2.24) is 20.1 Å². The molecule has 11 heteroatoms. The maximum Gasteiger partial charge on any atom is 0.251 e. The lowest BCUT2D eigenvalue weighted by atomic mass is 10.2. The minimum Gasteiger partial charge on any atom is -0.497 e. The zero-order chi connectivity index (χ0) is 29.0. The summed E-state index contributed by atoms with van der Waals surface area (Å²) < 4.78 is 18.2. The van der Waals surface area contributed by atoms with Crippen molar-refractivity contribution in [2.24, 2.45) is 0 Å². The molecule has 1 heterocycles. The standard InChI is InChI=1S/C30H33N5O5S/c1-4-5-18-40-24-14-10-21(11-15-24)29(37)31-19-27-33-34-30(35(27)25-8-6-7-9-26(25)39-3)41-20-28(36)32-22-12-16-23(38-2)17-13-22/h6-17H,4-5,18-20H2,1-3H3,(H,31,37)(H,32,36). The number of hydrogen-bond donors (Lipinski definition) is 2. The van der Waals surface area contributed by atoms with Gasteiger partial charge in [-0.3, -0.25) is 14.2 Å². The summed E-state index contributed by atoms with van der Waals surface area (Å²) in [5, 5.41) is 14.9. The number of ether oxygens (including phenoxy) is 3. The van der Waals surface area contributed by atoms with Crippen LogP contribution in [0.1, 0.15) is 35.9 Å². The first-order chi connectivity index (χ1) is 20.0. The second-order valence-corrected chi connectivity index (χ2v) is 9.82. The summed E-state index contributed by atoms with van der Waals surface area (Å²) in [6, 6.07) is 21.5. The quantitative estimate of drug-likeness (QED) is 0.157.